The highest BCUT2D eigenvalue weighted by molar-refractivity contribution is 6.53. The number of phenols is 1. The van der Waals surface area contributed by atoms with Gasteiger partial charge in [-0.3, -0.25) is 29.0 Å². The van der Waals surface area contributed by atoms with E-state index in [2.05, 4.69) is 0 Å². The second-order valence-electron chi connectivity index (χ2n) is 10.1. The maximum atomic E-state index is 13.7. The van der Waals surface area contributed by atoms with Crippen molar-refractivity contribution in [2.45, 2.75) is 41.9 Å². The molecule has 1 aromatic carbocycles. The summed E-state index contributed by atoms with van der Waals surface area (Å²) in [5.74, 6) is -4.64. The van der Waals surface area contributed by atoms with E-state index in [9.17, 15) is 24.3 Å². The highest BCUT2D eigenvalue weighted by Gasteiger charge is 2.76. The summed E-state index contributed by atoms with van der Waals surface area (Å²) in [7, 11) is 4.12. The van der Waals surface area contributed by atoms with E-state index in [1.165, 1.54) is 38.3 Å². The molecule has 1 N–H and O–H groups in total. The van der Waals surface area contributed by atoms with Gasteiger partial charge in [-0.1, -0.05) is 18.6 Å². The van der Waals surface area contributed by atoms with E-state index in [4.69, 9.17) is 32.7 Å². The largest absolute Gasteiger partial charge is 0.508 e. The normalized spacial score (nSPS) is 34.8. The number of amides is 4. The third-order valence-electron chi connectivity index (χ3n) is 8.37. The van der Waals surface area contributed by atoms with Crippen molar-refractivity contribution in [3.8, 4) is 17.2 Å². The number of methoxy groups -OCH3 is 2. The van der Waals surface area contributed by atoms with E-state index in [0.717, 1.165) is 4.90 Å². The van der Waals surface area contributed by atoms with E-state index < -0.39 is 45.2 Å². The molecular weight excluding hydrogens is 523 g/mol. The molecule has 2 heterocycles. The monoisotopic (exact) mass is 550 g/mol. The van der Waals surface area contributed by atoms with Crippen LogP contribution in [0.3, 0.4) is 0 Å². The third kappa shape index (κ3) is 3.16. The first-order valence-electron chi connectivity index (χ1n) is 12.2. The smallest absolute Gasteiger partial charge is 0.253 e. The molecule has 2 aliphatic heterocycles. The number of imide groups is 2. The molecule has 4 amide bonds. The molecule has 5 rings (SSSR count). The van der Waals surface area contributed by atoms with Crippen molar-refractivity contribution in [1.82, 2.24) is 9.80 Å². The lowest BCUT2D eigenvalue weighted by molar-refractivity contribution is -0.141. The summed E-state index contributed by atoms with van der Waals surface area (Å²) >= 11 is 14.3. The van der Waals surface area contributed by atoms with Crippen molar-refractivity contribution >= 4 is 46.8 Å². The Morgan fingerprint density at radius 2 is 1.65 bits per heavy atom. The van der Waals surface area contributed by atoms with Gasteiger partial charge < -0.3 is 14.6 Å². The Morgan fingerprint density at radius 1 is 1.03 bits per heavy atom. The molecule has 198 valence electrons. The Kier molecular flexibility index (Phi) is 6.03. The van der Waals surface area contributed by atoms with Crippen molar-refractivity contribution < 1.29 is 33.8 Å². The second-order valence-corrected chi connectivity index (χ2v) is 11.3. The van der Waals surface area contributed by atoms with E-state index in [1.54, 1.807) is 0 Å². The fourth-order valence-corrected chi connectivity index (χ4v) is 7.78. The van der Waals surface area contributed by atoms with E-state index in [1.807, 2.05) is 13.0 Å². The van der Waals surface area contributed by atoms with Crippen molar-refractivity contribution in [1.29, 1.82) is 0 Å². The van der Waals surface area contributed by atoms with Gasteiger partial charge >= 0.3 is 0 Å². The van der Waals surface area contributed by atoms with Gasteiger partial charge in [-0.15, -0.1) is 23.2 Å². The van der Waals surface area contributed by atoms with E-state index >= 15 is 0 Å². The topological polar surface area (TPSA) is 113 Å². The zero-order chi connectivity index (χ0) is 27.0. The molecule has 1 aromatic rings. The first-order chi connectivity index (χ1) is 17.5. The molecular formula is C26H28Cl2N2O7. The summed E-state index contributed by atoms with van der Waals surface area (Å²) in [5, 5.41) is 10.3. The Bertz CT molecular complexity index is 1240. The molecule has 1 saturated carbocycles. The molecule has 0 spiro atoms. The van der Waals surface area contributed by atoms with Gasteiger partial charge in [-0.2, -0.15) is 0 Å². The predicted octanol–water partition coefficient (Wildman–Crippen LogP) is 2.81. The average Bonchev–Trinajstić information content (AvgIpc) is 3.19. The van der Waals surface area contributed by atoms with Gasteiger partial charge in [0.2, 0.25) is 11.8 Å². The van der Waals surface area contributed by atoms with Crippen LogP contribution in [0.25, 0.3) is 0 Å². The summed E-state index contributed by atoms with van der Waals surface area (Å²) in [4.78, 5) is 52.3. The van der Waals surface area contributed by atoms with Gasteiger partial charge in [0.15, 0.2) is 9.75 Å². The summed E-state index contributed by atoms with van der Waals surface area (Å²) in [6.45, 7) is 2.20. The van der Waals surface area contributed by atoms with Crippen molar-refractivity contribution in [3.63, 3.8) is 0 Å². The molecule has 9 nitrogen and oxygen atoms in total. The summed E-state index contributed by atoms with van der Waals surface area (Å²) in [5.41, 5.74) is 0.960. The molecule has 6 atom stereocenters. The number of nitrogens with zero attached hydrogens (tertiary/aromatic N) is 2. The number of hydrogen-bond acceptors (Lipinski definition) is 7. The minimum Gasteiger partial charge on any atom is -0.508 e. The van der Waals surface area contributed by atoms with Crippen LogP contribution in [-0.4, -0.2) is 76.1 Å². The molecule has 0 radical (unpaired) electrons. The number of fused-ring (bicyclic) bond motifs is 4. The Morgan fingerprint density at radius 3 is 2.22 bits per heavy atom. The van der Waals surface area contributed by atoms with E-state index in [-0.39, 0.29) is 41.9 Å². The predicted molar refractivity (Wildman–Crippen MR) is 134 cm³/mol. The number of carbonyl (C=O) groups excluding carboxylic acids is 4. The lowest BCUT2D eigenvalue weighted by Crippen LogP contribution is -2.60. The first kappa shape index (κ1) is 25.9. The van der Waals surface area contributed by atoms with Crippen LogP contribution in [-0.2, 0) is 19.2 Å². The number of aromatic hydroxyl groups is 1. The lowest BCUT2D eigenvalue weighted by atomic mass is 9.56. The van der Waals surface area contributed by atoms with Crippen molar-refractivity contribution in [2.75, 3.05) is 27.8 Å². The molecule has 11 heteroatoms. The molecule has 0 aromatic heterocycles. The fraction of sp³-hybridized carbons (Fsp3) is 0.538. The fourth-order valence-electron chi connectivity index (χ4n) is 6.78. The molecule has 4 aliphatic rings. The van der Waals surface area contributed by atoms with Crippen LogP contribution in [0.2, 0.25) is 0 Å². The summed E-state index contributed by atoms with van der Waals surface area (Å²) in [6, 6.07) is 2.73. The van der Waals surface area contributed by atoms with Gasteiger partial charge in [0, 0.05) is 37.2 Å². The summed E-state index contributed by atoms with van der Waals surface area (Å²) < 4.78 is 11.2. The number of benzene rings is 1. The highest BCUT2D eigenvalue weighted by atomic mass is 35.5. The highest BCUT2D eigenvalue weighted by Crippen LogP contribution is 2.67. The summed E-state index contributed by atoms with van der Waals surface area (Å²) in [6.07, 6.45) is 2.66. The Hall–Kier alpha value is -2.78. The molecule has 0 bridgehead atoms. The van der Waals surface area contributed by atoms with E-state index in [0.29, 0.717) is 24.1 Å². The van der Waals surface area contributed by atoms with Crippen LogP contribution < -0.4 is 9.47 Å². The van der Waals surface area contributed by atoms with Crippen LogP contribution in [0, 0.1) is 17.8 Å². The van der Waals surface area contributed by atoms with Crippen LogP contribution in [0.4, 0.5) is 0 Å². The number of alkyl halides is 2. The average molecular weight is 551 g/mol. The Balaban J connectivity index is 1.78. The number of ether oxygens (including phenoxy) is 2. The number of halogens is 2. The molecule has 6 unspecified atom stereocenters. The lowest BCUT2D eigenvalue weighted by Gasteiger charge is -2.51. The van der Waals surface area contributed by atoms with Crippen LogP contribution in [0.1, 0.15) is 37.7 Å². The second kappa shape index (κ2) is 8.63. The SMILES string of the molecule is CCCN1C(=O)C2CC=C3C(CC4(Cl)C(=O)N(C)C(=O)C4(Cl)C3c3c(OC)cc(O)cc3OC)C2C1=O. The maximum Gasteiger partial charge on any atom is 0.253 e. The van der Waals surface area contributed by atoms with Crippen molar-refractivity contribution in [2.24, 2.45) is 17.8 Å². The van der Waals surface area contributed by atoms with Gasteiger partial charge in [0.25, 0.3) is 11.8 Å². The number of allylic oxidation sites excluding steroid dienone is 2. The number of hydrogen-bond donors (Lipinski definition) is 1. The zero-order valence-electron chi connectivity index (χ0n) is 20.9. The molecule has 2 aliphatic carbocycles. The van der Waals surface area contributed by atoms with Gasteiger partial charge in [-0.05, 0) is 25.2 Å². The van der Waals surface area contributed by atoms with Crippen molar-refractivity contribution in [3.05, 3.63) is 29.3 Å². The molecule has 37 heavy (non-hydrogen) atoms. The first-order valence-corrected chi connectivity index (χ1v) is 12.9. The minimum atomic E-state index is -1.97. The van der Waals surface area contributed by atoms with Crippen LogP contribution in [0.5, 0.6) is 17.2 Å². The van der Waals surface area contributed by atoms with Crippen LogP contribution in [0.15, 0.2) is 23.8 Å². The molecule has 2 saturated heterocycles. The van der Waals surface area contributed by atoms with Gasteiger partial charge in [0.1, 0.15) is 17.2 Å². The number of phenolic OH excluding ortho intramolecular Hbond substituents is 1. The van der Waals surface area contributed by atoms with Crippen LogP contribution >= 0.6 is 23.2 Å². The number of likely N-dealkylation sites (tertiary alicyclic amines) is 2. The number of rotatable bonds is 5. The minimum absolute atomic E-state index is 0.0852. The third-order valence-corrected chi connectivity index (χ3v) is 9.78. The maximum absolute atomic E-state index is 13.7. The van der Waals surface area contributed by atoms with Gasteiger partial charge in [0.05, 0.1) is 26.1 Å². The quantitative estimate of drug-likeness (QED) is 0.340. The number of carbonyl (C=O) groups is 4. The Labute approximate surface area is 224 Å². The van der Waals surface area contributed by atoms with Gasteiger partial charge in [-0.25, -0.2) is 0 Å². The molecule has 3 fully saturated rings. The zero-order valence-corrected chi connectivity index (χ0v) is 22.4. The standard InChI is InChI=1S/C26H28Cl2N2O7/c1-5-8-30-21(32)14-7-6-13-15(18(14)22(30)33)11-25(27)23(34)29(2)24(35)26(25,28)20(13)19-16(36-3)9-12(31)10-17(19)37-4/h6,9-10,14-15,18,20,31H,5,7-8,11H2,1-4H3.